The number of amides is 2. The summed E-state index contributed by atoms with van der Waals surface area (Å²) in [5, 5.41) is 2.89. The molecule has 6 heteroatoms. The van der Waals surface area contributed by atoms with Crippen LogP contribution in [0.1, 0.15) is 18.1 Å². The molecule has 0 aliphatic rings. The lowest BCUT2D eigenvalue weighted by atomic mass is 10.0. The van der Waals surface area contributed by atoms with Crippen LogP contribution in [0.4, 0.5) is 0 Å². The zero-order valence-corrected chi connectivity index (χ0v) is 19.1. The van der Waals surface area contributed by atoms with Crippen molar-refractivity contribution in [2.24, 2.45) is 0 Å². The maximum atomic E-state index is 13.4. The van der Waals surface area contributed by atoms with E-state index in [1.165, 1.54) is 0 Å². The van der Waals surface area contributed by atoms with Crippen LogP contribution in [0, 0.1) is 0 Å². The van der Waals surface area contributed by atoms with Gasteiger partial charge in [-0.25, -0.2) is 0 Å². The number of rotatable bonds is 11. The molecule has 0 saturated carbocycles. The Morgan fingerprint density at radius 2 is 1.52 bits per heavy atom. The van der Waals surface area contributed by atoms with E-state index < -0.39 is 6.04 Å². The first-order valence-corrected chi connectivity index (χ1v) is 11.0. The van der Waals surface area contributed by atoms with E-state index >= 15 is 0 Å². The van der Waals surface area contributed by atoms with Crippen LogP contribution in [-0.4, -0.2) is 43.0 Å². The van der Waals surface area contributed by atoms with Gasteiger partial charge in [-0.15, -0.1) is 0 Å². The zero-order valence-electron chi connectivity index (χ0n) is 19.1. The van der Waals surface area contributed by atoms with E-state index in [1.54, 1.807) is 24.1 Å². The smallest absolute Gasteiger partial charge is 0.261 e. The van der Waals surface area contributed by atoms with Gasteiger partial charge in [-0.1, -0.05) is 60.7 Å². The number of benzene rings is 3. The van der Waals surface area contributed by atoms with Crippen molar-refractivity contribution < 1.29 is 19.1 Å². The summed E-state index contributed by atoms with van der Waals surface area (Å²) in [6.07, 6.45) is 0.397. The molecule has 0 heterocycles. The Labute approximate surface area is 195 Å². The normalized spacial score (nSPS) is 11.3. The second-order valence-electron chi connectivity index (χ2n) is 7.57. The molecule has 1 unspecified atom stereocenters. The molecule has 33 heavy (non-hydrogen) atoms. The van der Waals surface area contributed by atoms with Gasteiger partial charge in [0.05, 0.1) is 7.11 Å². The summed E-state index contributed by atoms with van der Waals surface area (Å²) in [6.45, 7) is 2.43. The molecule has 0 spiro atoms. The van der Waals surface area contributed by atoms with E-state index in [1.807, 2.05) is 79.7 Å². The van der Waals surface area contributed by atoms with E-state index in [2.05, 4.69) is 5.32 Å². The van der Waals surface area contributed by atoms with Gasteiger partial charge in [-0.3, -0.25) is 9.59 Å². The SMILES string of the molecule is CCNC(=O)C(Cc1ccccc1)N(Cc1cccc(OC)c1)C(=O)COc1ccccc1. The fourth-order valence-electron chi connectivity index (χ4n) is 3.56. The highest BCUT2D eigenvalue weighted by Gasteiger charge is 2.30. The first kappa shape index (κ1) is 23.9. The van der Waals surface area contributed by atoms with E-state index in [-0.39, 0.29) is 25.0 Å². The number of hydrogen-bond acceptors (Lipinski definition) is 4. The molecule has 3 rings (SSSR count). The van der Waals surface area contributed by atoms with Crippen LogP contribution in [0.2, 0.25) is 0 Å². The van der Waals surface area contributed by atoms with Crippen LogP contribution in [0.15, 0.2) is 84.9 Å². The largest absolute Gasteiger partial charge is 0.497 e. The standard InChI is InChI=1S/C27H30N2O4/c1-3-28-27(31)25(18-21-11-6-4-7-12-21)29(19-22-13-10-16-24(17-22)32-2)26(30)20-33-23-14-8-5-9-15-23/h4-17,25H,3,18-20H2,1-2H3,(H,28,31). The highest BCUT2D eigenvalue weighted by molar-refractivity contribution is 5.88. The third-order valence-electron chi connectivity index (χ3n) is 5.21. The number of para-hydroxylation sites is 1. The van der Waals surface area contributed by atoms with E-state index in [9.17, 15) is 9.59 Å². The van der Waals surface area contributed by atoms with Gasteiger partial charge in [0.2, 0.25) is 5.91 Å². The van der Waals surface area contributed by atoms with Crippen LogP contribution in [0.25, 0.3) is 0 Å². The second-order valence-corrected chi connectivity index (χ2v) is 7.57. The van der Waals surface area contributed by atoms with Crippen molar-refractivity contribution >= 4 is 11.8 Å². The average Bonchev–Trinajstić information content (AvgIpc) is 2.86. The third-order valence-corrected chi connectivity index (χ3v) is 5.21. The van der Waals surface area contributed by atoms with Crippen molar-refractivity contribution in [2.75, 3.05) is 20.3 Å². The lowest BCUT2D eigenvalue weighted by Gasteiger charge is -2.31. The van der Waals surface area contributed by atoms with Crippen molar-refractivity contribution in [3.63, 3.8) is 0 Å². The fourth-order valence-corrected chi connectivity index (χ4v) is 3.56. The van der Waals surface area contributed by atoms with Crippen LogP contribution < -0.4 is 14.8 Å². The molecule has 3 aromatic rings. The number of carbonyl (C=O) groups is 2. The summed E-state index contributed by atoms with van der Waals surface area (Å²) >= 11 is 0. The summed E-state index contributed by atoms with van der Waals surface area (Å²) in [6, 6.07) is 25.7. The zero-order chi connectivity index (χ0) is 23.5. The molecule has 0 aliphatic heterocycles. The molecule has 6 nitrogen and oxygen atoms in total. The Bertz CT molecular complexity index is 1020. The molecule has 0 aromatic heterocycles. The summed E-state index contributed by atoms with van der Waals surface area (Å²) in [4.78, 5) is 28.1. The van der Waals surface area contributed by atoms with Crippen LogP contribution >= 0.6 is 0 Å². The number of methoxy groups -OCH3 is 1. The number of nitrogens with zero attached hydrogens (tertiary/aromatic N) is 1. The highest BCUT2D eigenvalue weighted by atomic mass is 16.5. The minimum Gasteiger partial charge on any atom is -0.497 e. The van der Waals surface area contributed by atoms with E-state index in [4.69, 9.17) is 9.47 Å². The number of nitrogens with one attached hydrogen (secondary N) is 1. The third kappa shape index (κ3) is 7.10. The summed E-state index contributed by atoms with van der Waals surface area (Å²) < 4.78 is 11.1. The average molecular weight is 447 g/mol. The quantitative estimate of drug-likeness (QED) is 0.486. The molecule has 0 radical (unpaired) electrons. The molecule has 172 valence electrons. The van der Waals surface area contributed by atoms with Crippen molar-refractivity contribution in [3.8, 4) is 11.5 Å². The first-order valence-electron chi connectivity index (χ1n) is 11.0. The van der Waals surface area contributed by atoms with Gasteiger partial charge in [-0.05, 0) is 42.3 Å². The number of carbonyl (C=O) groups excluding carboxylic acids is 2. The van der Waals surface area contributed by atoms with Gasteiger partial charge in [-0.2, -0.15) is 0 Å². The topological polar surface area (TPSA) is 67.9 Å². The number of likely N-dealkylation sites (N-methyl/N-ethyl adjacent to an activating group) is 1. The molecular weight excluding hydrogens is 416 g/mol. The Balaban J connectivity index is 1.89. The molecular formula is C27H30N2O4. The van der Waals surface area contributed by atoms with Crippen molar-refractivity contribution in [1.29, 1.82) is 0 Å². The maximum absolute atomic E-state index is 13.4. The second kappa shape index (κ2) is 12.3. The molecule has 1 atom stereocenters. The van der Waals surface area contributed by atoms with Gasteiger partial charge >= 0.3 is 0 Å². The Morgan fingerprint density at radius 1 is 0.879 bits per heavy atom. The molecule has 0 saturated heterocycles. The predicted molar refractivity (Wildman–Crippen MR) is 128 cm³/mol. The summed E-state index contributed by atoms with van der Waals surface area (Å²) in [7, 11) is 1.60. The van der Waals surface area contributed by atoms with Gasteiger partial charge in [0, 0.05) is 19.5 Å². The first-order chi connectivity index (χ1) is 16.1. The minimum absolute atomic E-state index is 0.168. The van der Waals surface area contributed by atoms with Gasteiger partial charge in [0.1, 0.15) is 17.5 Å². The van der Waals surface area contributed by atoms with Gasteiger partial charge in [0.25, 0.3) is 5.91 Å². The molecule has 1 N–H and O–H groups in total. The number of hydrogen-bond donors (Lipinski definition) is 1. The molecule has 3 aromatic carbocycles. The monoisotopic (exact) mass is 446 g/mol. The maximum Gasteiger partial charge on any atom is 0.261 e. The van der Waals surface area contributed by atoms with Crippen LogP contribution in [0.3, 0.4) is 0 Å². The molecule has 0 bridgehead atoms. The Morgan fingerprint density at radius 3 is 2.18 bits per heavy atom. The number of ether oxygens (including phenoxy) is 2. The minimum atomic E-state index is -0.689. The fraction of sp³-hybridized carbons (Fsp3) is 0.259. The van der Waals surface area contributed by atoms with Gasteiger partial charge < -0.3 is 19.7 Å². The predicted octanol–water partition coefficient (Wildman–Crippen LogP) is 3.85. The van der Waals surface area contributed by atoms with Gasteiger partial charge in [0.15, 0.2) is 6.61 Å². The lowest BCUT2D eigenvalue weighted by molar-refractivity contribution is -0.142. The van der Waals surface area contributed by atoms with Crippen molar-refractivity contribution in [3.05, 3.63) is 96.1 Å². The van der Waals surface area contributed by atoms with Crippen molar-refractivity contribution in [2.45, 2.75) is 25.9 Å². The lowest BCUT2D eigenvalue weighted by Crippen LogP contribution is -2.51. The summed E-state index contributed by atoms with van der Waals surface area (Å²) in [5.41, 5.74) is 1.84. The Kier molecular flexibility index (Phi) is 8.88. The van der Waals surface area contributed by atoms with Crippen LogP contribution in [-0.2, 0) is 22.6 Å². The summed E-state index contributed by atoms with van der Waals surface area (Å²) in [5.74, 6) is 0.828. The highest BCUT2D eigenvalue weighted by Crippen LogP contribution is 2.19. The molecule has 0 fully saturated rings. The Hall–Kier alpha value is -3.80. The van der Waals surface area contributed by atoms with E-state index in [0.29, 0.717) is 24.5 Å². The van der Waals surface area contributed by atoms with E-state index in [0.717, 1.165) is 11.1 Å². The molecule has 2 amide bonds. The van der Waals surface area contributed by atoms with Crippen LogP contribution in [0.5, 0.6) is 11.5 Å². The molecule has 0 aliphatic carbocycles. The van der Waals surface area contributed by atoms with Crippen molar-refractivity contribution in [1.82, 2.24) is 10.2 Å².